The highest BCUT2D eigenvalue weighted by Crippen LogP contribution is 2.39. The van der Waals surface area contributed by atoms with Gasteiger partial charge in [-0.2, -0.15) is 0 Å². The molecule has 0 aromatic rings. The van der Waals surface area contributed by atoms with Gasteiger partial charge in [0, 0.05) is 12.1 Å². The van der Waals surface area contributed by atoms with E-state index < -0.39 is 0 Å². The van der Waals surface area contributed by atoms with Gasteiger partial charge in [0.2, 0.25) is 5.91 Å². The fourth-order valence-electron chi connectivity index (χ4n) is 1.63. The van der Waals surface area contributed by atoms with Gasteiger partial charge < -0.3 is 5.32 Å². The molecule has 2 atom stereocenters. The molecule has 3 heteroatoms. The molecule has 2 aliphatic rings. The monoisotopic (exact) mass is 168 g/mol. The van der Waals surface area contributed by atoms with Crippen LogP contribution in [0.3, 0.4) is 0 Å². The average molecular weight is 168 g/mol. The second-order valence-corrected chi connectivity index (χ2v) is 4.17. The van der Waals surface area contributed by atoms with E-state index in [0.29, 0.717) is 6.04 Å². The van der Waals surface area contributed by atoms with E-state index in [2.05, 4.69) is 10.6 Å². The molecule has 2 N–H and O–H groups in total. The normalized spacial score (nSPS) is 33.6. The lowest BCUT2D eigenvalue weighted by Crippen LogP contribution is -2.35. The summed E-state index contributed by atoms with van der Waals surface area (Å²) in [6.07, 6.45) is 2.62. The Morgan fingerprint density at radius 2 is 2.17 bits per heavy atom. The smallest absolute Gasteiger partial charge is 0.238 e. The van der Waals surface area contributed by atoms with Crippen molar-refractivity contribution >= 4 is 5.91 Å². The van der Waals surface area contributed by atoms with E-state index >= 15 is 0 Å². The van der Waals surface area contributed by atoms with Crippen LogP contribution in [0.2, 0.25) is 0 Å². The SMILES string of the molecule is CC(C)NC(=O)C1NC1C1CC1. The topological polar surface area (TPSA) is 51.0 Å². The van der Waals surface area contributed by atoms with E-state index in [-0.39, 0.29) is 18.0 Å². The van der Waals surface area contributed by atoms with Gasteiger partial charge in [-0.3, -0.25) is 10.1 Å². The molecular weight excluding hydrogens is 152 g/mol. The summed E-state index contributed by atoms with van der Waals surface area (Å²) in [6, 6.07) is 0.892. The van der Waals surface area contributed by atoms with Gasteiger partial charge in [0.15, 0.2) is 0 Å². The molecule has 3 nitrogen and oxygen atoms in total. The lowest BCUT2D eigenvalue weighted by Gasteiger charge is -2.06. The van der Waals surface area contributed by atoms with Crippen LogP contribution in [0.15, 0.2) is 0 Å². The second-order valence-electron chi connectivity index (χ2n) is 4.17. The van der Waals surface area contributed by atoms with Crippen LogP contribution in [0.25, 0.3) is 0 Å². The third-order valence-electron chi connectivity index (χ3n) is 2.47. The summed E-state index contributed by atoms with van der Waals surface area (Å²) in [4.78, 5) is 11.4. The molecule has 1 saturated heterocycles. The zero-order valence-electron chi connectivity index (χ0n) is 7.63. The predicted molar refractivity (Wildman–Crippen MR) is 46.7 cm³/mol. The molecule has 0 bridgehead atoms. The zero-order chi connectivity index (χ0) is 8.72. The Morgan fingerprint density at radius 3 is 2.67 bits per heavy atom. The molecule has 1 aliphatic heterocycles. The first kappa shape index (κ1) is 8.05. The summed E-state index contributed by atoms with van der Waals surface area (Å²) in [7, 11) is 0. The summed E-state index contributed by atoms with van der Waals surface area (Å²) < 4.78 is 0. The van der Waals surface area contributed by atoms with Crippen molar-refractivity contribution in [3.05, 3.63) is 0 Å². The first-order chi connectivity index (χ1) is 5.68. The second kappa shape index (κ2) is 2.73. The van der Waals surface area contributed by atoms with E-state index in [4.69, 9.17) is 0 Å². The highest BCUT2D eigenvalue weighted by Gasteiger charge is 2.50. The van der Waals surface area contributed by atoms with E-state index in [1.165, 1.54) is 12.8 Å². The number of rotatable bonds is 3. The maximum atomic E-state index is 11.4. The van der Waals surface area contributed by atoms with Gasteiger partial charge in [0.05, 0.1) is 0 Å². The van der Waals surface area contributed by atoms with Gasteiger partial charge >= 0.3 is 0 Å². The molecule has 2 rings (SSSR count). The molecule has 12 heavy (non-hydrogen) atoms. The van der Waals surface area contributed by atoms with Crippen molar-refractivity contribution in [2.45, 2.75) is 44.8 Å². The average Bonchev–Trinajstić information content (AvgIpc) is 2.81. The van der Waals surface area contributed by atoms with Crippen molar-refractivity contribution in [2.24, 2.45) is 5.92 Å². The zero-order valence-corrected chi connectivity index (χ0v) is 7.63. The summed E-state index contributed by atoms with van der Waals surface area (Å²) in [5.74, 6) is 0.981. The number of carbonyl (C=O) groups is 1. The van der Waals surface area contributed by atoms with Crippen LogP contribution in [0, 0.1) is 5.92 Å². The molecule has 1 amide bonds. The highest BCUT2D eigenvalue weighted by atomic mass is 16.2. The van der Waals surface area contributed by atoms with E-state index in [1.807, 2.05) is 13.8 Å². The van der Waals surface area contributed by atoms with Crippen LogP contribution in [0.4, 0.5) is 0 Å². The van der Waals surface area contributed by atoms with Crippen molar-refractivity contribution in [1.29, 1.82) is 0 Å². The van der Waals surface area contributed by atoms with Crippen molar-refractivity contribution < 1.29 is 4.79 Å². The Balaban J connectivity index is 1.75. The number of amides is 1. The summed E-state index contributed by atoms with van der Waals surface area (Å²) in [5, 5.41) is 6.14. The van der Waals surface area contributed by atoms with Crippen LogP contribution < -0.4 is 10.6 Å². The molecule has 0 aromatic carbocycles. The Morgan fingerprint density at radius 1 is 1.50 bits per heavy atom. The summed E-state index contributed by atoms with van der Waals surface area (Å²) >= 11 is 0. The van der Waals surface area contributed by atoms with Crippen molar-refractivity contribution in [1.82, 2.24) is 10.6 Å². The van der Waals surface area contributed by atoms with E-state index in [1.54, 1.807) is 0 Å². The largest absolute Gasteiger partial charge is 0.353 e. The van der Waals surface area contributed by atoms with Crippen LogP contribution in [-0.4, -0.2) is 24.0 Å². The van der Waals surface area contributed by atoms with E-state index in [9.17, 15) is 4.79 Å². The van der Waals surface area contributed by atoms with Crippen molar-refractivity contribution in [3.63, 3.8) is 0 Å². The molecule has 1 saturated carbocycles. The molecule has 2 unspecified atom stereocenters. The Kier molecular flexibility index (Phi) is 1.83. The van der Waals surface area contributed by atoms with Crippen molar-refractivity contribution in [2.75, 3.05) is 0 Å². The third kappa shape index (κ3) is 1.61. The predicted octanol–water partition coefficient (Wildman–Crippen LogP) is 0.261. The summed E-state index contributed by atoms with van der Waals surface area (Å²) in [5.41, 5.74) is 0. The molecule has 1 heterocycles. The van der Waals surface area contributed by atoms with Crippen LogP contribution in [-0.2, 0) is 4.79 Å². The first-order valence-corrected chi connectivity index (χ1v) is 4.75. The minimum atomic E-state index is 0.125. The fourth-order valence-corrected chi connectivity index (χ4v) is 1.63. The van der Waals surface area contributed by atoms with Gasteiger partial charge in [-0.15, -0.1) is 0 Å². The minimum Gasteiger partial charge on any atom is -0.353 e. The number of nitrogens with one attached hydrogen (secondary N) is 2. The van der Waals surface area contributed by atoms with Gasteiger partial charge in [-0.25, -0.2) is 0 Å². The third-order valence-corrected chi connectivity index (χ3v) is 2.47. The standard InChI is InChI=1S/C9H16N2O/c1-5(2)10-9(12)8-7(11-8)6-3-4-6/h5-8,11H,3-4H2,1-2H3,(H,10,12). The van der Waals surface area contributed by atoms with Gasteiger partial charge in [-0.05, 0) is 32.6 Å². The van der Waals surface area contributed by atoms with Crippen LogP contribution in [0.1, 0.15) is 26.7 Å². The lowest BCUT2D eigenvalue weighted by molar-refractivity contribution is -0.121. The lowest BCUT2D eigenvalue weighted by atomic mass is 10.2. The molecular formula is C9H16N2O. The van der Waals surface area contributed by atoms with E-state index in [0.717, 1.165) is 5.92 Å². The first-order valence-electron chi connectivity index (χ1n) is 4.75. The van der Waals surface area contributed by atoms with Crippen LogP contribution >= 0.6 is 0 Å². The number of hydrogen-bond acceptors (Lipinski definition) is 2. The maximum Gasteiger partial charge on any atom is 0.238 e. The Bertz CT molecular complexity index is 199. The molecule has 0 radical (unpaired) electrons. The quantitative estimate of drug-likeness (QED) is 0.594. The maximum absolute atomic E-state index is 11.4. The van der Waals surface area contributed by atoms with Crippen LogP contribution in [0.5, 0.6) is 0 Å². The number of hydrogen-bond donors (Lipinski definition) is 2. The molecule has 0 aromatic heterocycles. The van der Waals surface area contributed by atoms with Gasteiger partial charge in [0.1, 0.15) is 6.04 Å². The summed E-state index contributed by atoms with van der Waals surface area (Å²) in [6.45, 7) is 3.98. The molecule has 68 valence electrons. The van der Waals surface area contributed by atoms with Crippen molar-refractivity contribution in [3.8, 4) is 0 Å². The van der Waals surface area contributed by atoms with Gasteiger partial charge in [0.25, 0.3) is 0 Å². The molecule has 2 fully saturated rings. The van der Waals surface area contributed by atoms with Gasteiger partial charge in [-0.1, -0.05) is 0 Å². The Hall–Kier alpha value is -0.570. The molecule has 1 aliphatic carbocycles. The fraction of sp³-hybridized carbons (Fsp3) is 0.889. The molecule has 0 spiro atoms. The minimum absolute atomic E-state index is 0.125. The Labute approximate surface area is 72.9 Å². The number of carbonyl (C=O) groups excluding carboxylic acids is 1. The highest BCUT2D eigenvalue weighted by molar-refractivity contribution is 5.86.